The van der Waals surface area contributed by atoms with E-state index in [0.717, 1.165) is 24.9 Å². The molecule has 0 aliphatic rings. The summed E-state index contributed by atoms with van der Waals surface area (Å²) in [5.41, 5.74) is 2.21. The maximum absolute atomic E-state index is 10.4. The molecule has 2 aromatic carbocycles. The minimum atomic E-state index is -0.552. The molecular formula is C21H25NO2. The molecule has 0 aromatic heterocycles. The predicted octanol–water partition coefficient (Wildman–Crippen LogP) is 3.34. The first-order valence-electron chi connectivity index (χ1n) is 8.32. The number of aliphatic hydroxyl groups excluding tert-OH is 1. The highest BCUT2D eigenvalue weighted by Crippen LogP contribution is 2.20. The van der Waals surface area contributed by atoms with E-state index in [-0.39, 0.29) is 12.6 Å². The van der Waals surface area contributed by atoms with Gasteiger partial charge in [-0.3, -0.25) is 0 Å². The molecule has 126 valence electrons. The summed E-state index contributed by atoms with van der Waals surface area (Å²) in [6.07, 6.45) is 6.69. The molecule has 2 atom stereocenters. The fourth-order valence-corrected chi connectivity index (χ4v) is 2.55. The van der Waals surface area contributed by atoms with E-state index in [9.17, 15) is 5.11 Å². The number of benzene rings is 2. The third-order valence-corrected chi connectivity index (χ3v) is 3.97. The van der Waals surface area contributed by atoms with Crippen molar-refractivity contribution < 1.29 is 9.84 Å². The van der Waals surface area contributed by atoms with Gasteiger partial charge in [0.15, 0.2) is 0 Å². The molecule has 0 bridgehead atoms. The third kappa shape index (κ3) is 5.73. The Labute approximate surface area is 144 Å². The van der Waals surface area contributed by atoms with Crippen LogP contribution in [0, 0.1) is 12.3 Å². The van der Waals surface area contributed by atoms with E-state index < -0.39 is 6.10 Å². The number of hydrogen-bond acceptors (Lipinski definition) is 3. The molecule has 0 aliphatic heterocycles. The number of rotatable bonds is 9. The van der Waals surface area contributed by atoms with Gasteiger partial charge >= 0.3 is 0 Å². The molecule has 2 unspecified atom stereocenters. The molecule has 3 heteroatoms. The number of aliphatic hydroxyl groups is 1. The quantitative estimate of drug-likeness (QED) is 0.549. The normalized spacial score (nSPS) is 13.0. The fourth-order valence-electron chi connectivity index (χ4n) is 2.55. The van der Waals surface area contributed by atoms with Crippen LogP contribution in [0.2, 0.25) is 0 Å². The molecule has 0 saturated carbocycles. The largest absolute Gasteiger partial charge is 0.481 e. The number of hydrogen-bond donors (Lipinski definition) is 2. The molecule has 0 radical (unpaired) electrons. The second-order valence-corrected chi connectivity index (χ2v) is 5.84. The van der Waals surface area contributed by atoms with E-state index in [0.29, 0.717) is 5.75 Å². The summed E-state index contributed by atoms with van der Waals surface area (Å²) in [6.45, 7) is 3.12. The smallest absolute Gasteiger partial charge is 0.148 e. The van der Waals surface area contributed by atoms with Crippen molar-refractivity contribution >= 4 is 0 Å². The standard InChI is InChI=1S/C21H25NO2/c1-3-16-24-20-13-11-19(12-14-20)21(23)17(2)22-15-7-10-18-8-5-4-6-9-18/h1,4-6,8-9,11-14,17,21-23H,7,10,15-16H2,2H3. The molecule has 0 aliphatic carbocycles. The monoisotopic (exact) mass is 323 g/mol. The van der Waals surface area contributed by atoms with Crippen LogP contribution in [0.5, 0.6) is 5.75 Å². The number of ether oxygens (including phenoxy) is 1. The summed E-state index contributed by atoms with van der Waals surface area (Å²) in [5, 5.41) is 13.8. The van der Waals surface area contributed by atoms with Crippen molar-refractivity contribution in [3.63, 3.8) is 0 Å². The van der Waals surface area contributed by atoms with Gasteiger partial charge in [0.2, 0.25) is 0 Å². The van der Waals surface area contributed by atoms with Crippen molar-refractivity contribution in [2.24, 2.45) is 0 Å². The van der Waals surface area contributed by atoms with Crippen LogP contribution < -0.4 is 10.1 Å². The van der Waals surface area contributed by atoms with Gasteiger partial charge in [-0.05, 0) is 49.6 Å². The lowest BCUT2D eigenvalue weighted by molar-refractivity contribution is 0.136. The Balaban J connectivity index is 1.75. The molecule has 2 rings (SSSR count). The molecule has 2 aromatic rings. The van der Waals surface area contributed by atoms with Gasteiger partial charge in [-0.25, -0.2) is 0 Å². The third-order valence-electron chi connectivity index (χ3n) is 3.97. The molecule has 0 fully saturated rings. The Morgan fingerprint density at radius 3 is 2.50 bits per heavy atom. The molecule has 0 saturated heterocycles. The first-order chi connectivity index (χ1) is 11.7. The van der Waals surface area contributed by atoms with Crippen molar-refractivity contribution in [1.29, 1.82) is 0 Å². The van der Waals surface area contributed by atoms with Crippen LogP contribution >= 0.6 is 0 Å². The van der Waals surface area contributed by atoms with Crippen LogP contribution in [0.25, 0.3) is 0 Å². The van der Waals surface area contributed by atoms with Gasteiger partial charge in [0, 0.05) is 6.04 Å². The zero-order valence-corrected chi connectivity index (χ0v) is 14.1. The highest BCUT2D eigenvalue weighted by Gasteiger charge is 2.15. The maximum atomic E-state index is 10.4. The molecule has 2 N–H and O–H groups in total. The summed E-state index contributed by atoms with van der Waals surface area (Å²) in [7, 11) is 0. The lowest BCUT2D eigenvalue weighted by Crippen LogP contribution is -2.33. The second-order valence-electron chi connectivity index (χ2n) is 5.84. The topological polar surface area (TPSA) is 41.5 Å². The molecule has 0 heterocycles. The van der Waals surface area contributed by atoms with Crippen LogP contribution in [-0.2, 0) is 6.42 Å². The van der Waals surface area contributed by atoms with Gasteiger partial charge < -0.3 is 15.2 Å². The summed E-state index contributed by atoms with van der Waals surface area (Å²) in [6, 6.07) is 17.8. The zero-order chi connectivity index (χ0) is 17.2. The van der Waals surface area contributed by atoms with Crippen LogP contribution in [0.3, 0.4) is 0 Å². The first kappa shape index (κ1) is 18.1. The summed E-state index contributed by atoms with van der Waals surface area (Å²) < 4.78 is 5.34. The van der Waals surface area contributed by atoms with Crippen molar-refractivity contribution in [3.8, 4) is 18.1 Å². The molecule has 0 spiro atoms. The average molecular weight is 323 g/mol. The highest BCUT2D eigenvalue weighted by atomic mass is 16.5. The fraction of sp³-hybridized carbons (Fsp3) is 0.333. The van der Waals surface area contributed by atoms with Gasteiger partial charge in [-0.15, -0.1) is 6.42 Å². The molecule has 0 amide bonds. The summed E-state index contributed by atoms with van der Waals surface area (Å²) >= 11 is 0. The van der Waals surface area contributed by atoms with Gasteiger partial charge in [-0.1, -0.05) is 48.4 Å². The Morgan fingerprint density at radius 2 is 1.83 bits per heavy atom. The van der Waals surface area contributed by atoms with E-state index >= 15 is 0 Å². The SMILES string of the molecule is C#CCOc1ccc(C(O)C(C)NCCCc2ccccc2)cc1. The highest BCUT2D eigenvalue weighted by molar-refractivity contribution is 5.29. The van der Waals surface area contributed by atoms with Gasteiger partial charge in [0.1, 0.15) is 12.4 Å². The lowest BCUT2D eigenvalue weighted by Gasteiger charge is -2.21. The average Bonchev–Trinajstić information content (AvgIpc) is 2.64. The first-order valence-corrected chi connectivity index (χ1v) is 8.32. The van der Waals surface area contributed by atoms with Gasteiger partial charge in [-0.2, -0.15) is 0 Å². The van der Waals surface area contributed by atoms with E-state index in [1.54, 1.807) is 0 Å². The van der Waals surface area contributed by atoms with Crippen LogP contribution in [0.4, 0.5) is 0 Å². The van der Waals surface area contributed by atoms with Crippen molar-refractivity contribution in [3.05, 3.63) is 65.7 Å². The van der Waals surface area contributed by atoms with Crippen molar-refractivity contribution in [2.75, 3.05) is 13.2 Å². The predicted molar refractivity (Wildman–Crippen MR) is 98.0 cm³/mol. The number of nitrogens with one attached hydrogen (secondary N) is 1. The summed E-state index contributed by atoms with van der Waals surface area (Å²) in [4.78, 5) is 0. The number of aryl methyl sites for hydroxylation is 1. The van der Waals surface area contributed by atoms with Crippen LogP contribution in [0.1, 0.15) is 30.6 Å². The Kier molecular flexibility index (Phi) is 7.35. The Hall–Kier alpha value is -2.28. The van der Waals surface area contributed by atoms with Crippen molar-refractivity contribution in [1.82, 2.24) is 5.32 Å². The Morgan fingerprint density at radius 1 is 1.12 bits per heavy atom. The zero-order valence-electron chi connectivity index (χ0n) is 14.1. The van der Waals surface area contributed by atoms with Gasteiger partial charge in [0.05, 0.1) is 6.10 Å². The van der Waals surface area contributed by atoms with E-state index in [1.807, 2.05) is 37.3 Å². The summed E-state index contributed by atoms with van der Waals surface area (Å²) in [5.74, 6) is 3.15. The maximum Gasteiger partial charge on any atom is 0.148 e. The minimum absolute atomic E-state index is 0.0155. The van der Waals surface area contributed by atoms with Crippen LogP contribution in [0.15, 0.2) is 54.6 Å². The lowest BCUT2D eigenvalue weighted by atomic mass is 10.0. The second kappa shape index (κ2) is 9.77. The van der Waals surface area contributed by atoms with Crippen molar-refractivity contribution in [2.45, 2.75) is 31.9 Å². The minimum Gasteiger partial charge on any atom is -0.481 e. The molecule has 3 nitrogen and oxygen atoms in total. The van der Waals surface area contributed by atoms with E-state index in [1.165, 1.54) is 5.56 Å². The van der Waals surface area contributed by atoms with E-state index in [4.69, 9.17) is 11.2 Å². The van der Waals surface area contributed by atoms with Gasteiger partial charge in [0.25, 0.3) is 0 Å². The number of terminal acetylenes is 1. The molecular weight excluding hydrogens is 298 g/mol. The Bertz CT molecular complexity index is 631. The van der Waals surface area contributed by atoms with Crippen LogP contribution in [-0.4, -0.2) is 24.3 Å². The molecule has 24 heavy (non-hydrogen) atoms. The van der Waals surface area contributed by atoms with E-state index in [2.05, 4.69) is 35.5 Å².